The molecular weight excluding hydrogens is 506 g/mol. The maximum Gasteiger partial charge on any atom is 0.586 e. The van der Waals surface area contributed by atoms with Crippen molar-refractivity contribution in [1.29, 1.82) is 0 Å². The van der Waals surface area contributed by atoms with Crippen molar-refractivity contribution in [2.75, 3.05) is 11.9 Å². The van der Waals surface area contributed by atoms with E-state index in [4.69, 9.17) is 4.74 Å². The van der Waals surface area contributed by atoms with Crippen LogP contribution in [0.3, 0.4) is 0 Å². The Morgan fingerprint density at radius 1 is 1.08 bits per heavy atom. The number of carbonyl (C=O) groups excluding carboxylic acids is 1. The Morgan fingerprint density at radius 2 is 1.77 bits per heavy atom. The van der Waals surface area contributed by atoms with Crippen LogP contribution < -0.4 is 14.8 Å². The standard InChI is InChI=1S/C30H36F2N2O5/c1-18(17-37-28(5,6)36)16-34-22-9-8-21(13-19(22)14-25(34)27(2,3)4)33-26(35)29(11-12-29)20-7-10-23-24(15-20)39-30(31,32)38-23/h7-10,13-15,18,36H,11-12,16-17H2,1-6H3,(H,33,35)/t18-/m1/s1. The smallest absolute Gasteiger partial charge is 0.395 e. The molecular formula is C30H36F2N2O5. The van der Waals surface area contributed by atoms with Gasteiger partial charge in [0.2, 0.25) is 5.91 Å². The lowest BCUT2D eigenvalue weighted by atomic mass is 9.92. The summed E-state index contributed by atoms with van der Waals surface area (Å²) in [4.78, 5) is 13.4. The lowest BCUT2D eigenvalue weighted by Gasteiger charge is -2.26. The van der Waals surface area contributed by atoms with Gasteiger partial charge in [0, 0.05) is 34.2 Å². The lowest BCUT2D eigenvalue weighted by molar-refractivity contribution is -0.286. The minimum Gasteiger partial charge on any atom is -0.395 e. The second kappa shape index (κ2) is 9.20. The Balaban J connectivity index is 1.37. The van der Waals surface area contributed by atoms with Crippen molar-refractivity contribution in [3.8, 4) is 11.5 Å². The van der Waals surface area contributed by atoms with E-state index >= 15 is 0 Å². The van der Waals surface area contributed by atoms with Crippen molar-refractivity contribution < 1.29 is 32.9 Å². The number of benzene rings is 2. The third-order valence-electron chi connectivity index (χ3n) is 7.28. The van der Waals surface area contributed by atoms with Crippen molar-refractivity contribution in [1.82, 2.24) is 4.57 Å². The third kappa shape index (κ3) is 5.61. The van der Waals surface area contributed by atoms with Gasteiger partial charge in [-0.05, 0) is 74.6 Å². The summed E-state index contributed by atoms with van der Waals surface area (Å²) in [5.41, 5.74) is 2.60. The predicted octanol–water partition coefficient (Wildman–Crippen LogP) is 6.31. The van der Waals surface area contributed by atoms with E-state index in [1.807, 2.05) is 18.2 Å². The zero-order valence-corrected chi connectivity index (χ0v) is 23.2. The van der Waals surface area contributed by atoms with Crippen LogP contribution >= 0.6 is 0 Å². The van der Waals surface area contributed by atoms with E-state index in [9.17, 15) is 18.7 Å². The van der Waals surface area contributed by atoms with Gasteiger partial charge in [-0.25, -0.2) is 0 Å². The van der Waals surface area contributed by atoms with Crippen molar-refractivity contribution in [2.45, 2.75) is 83.8 Å². The second-order valence-corrected chi connectivity index (χ2v) is 12.4. The van der Waals surface area contributed by atoms with E-state index in [-0.39, 0.29) is 28.7 Å². The molecule has 2 aliphatic rings. The Labute approximate surface area is 227 Å². The number of ether oxygens (including phenoxy) is 3. The normalized spacial score (nSPS) is 18.3. The van der Waals surface area contributed by atoms with Crippen LogP contribution in [-0.2, 0) is 26.9 Å². The molecule has 39 heavy (non-hydrogen) atoms. The molecule has 1 aliphatic carbocycles. The molecule has 5 rings (SSSR count). The summed E-state index contributed by atoms with van der Waals surface area (Å²) in [6, 6.07) is 12.6. The van der Waals surface area contributed by atoms with E-state index in [0.29, 0.717) is 37.2 Å². The summed E-state index contributed by atoms with van der Waals surface area (Å²) < 4.78 is 43.9. The topological polar surface area (TPSA) is 82.0 Å². The quantitative estimate of drug-likeness (QED) is 0.326. The fourth-order valence-corrected chi connectivity index (χ4v) is 5.15. The summed E-state index contributed by atoms with van der Waals surface area (Å²) >= 11 is 0. The first-order valence-electron chi connectivity index (χ1n) is 13.3. The maximum absolute atomic E-state index is 13.5. The van der Waals surface area contributed by atoms with E-state index in [2.05, 4.69) is 53.1 Å². The molecule has 1 fully saturated rings. The number of aromatic nitrogens is 1. The van der Waals surface area contributed by atoms with Crippen LogP contribution in [0.2, 0.25) is 0 Å². The Hall–Kier alpha value is -3.17. The Kier molecular flexibility index (Phi) is 6.46. The van der Waals surface area contributed by atoms with E-state index in [0.717, 1.165) is 16.6 Å². The molecule has 0 saturated heterocycles. The highest BCUT2D eigenvalue weighted by Crippen LogP contribution is 2.52. The number of hydrogen-bond donors (Lipinski definition) is 2. The highest BCUT2D eigenvalue weighted by Gasteiger charge is 2.52. The van der Waals surface area contributed by atoms with E-state index in [1.165, 1.54) is 12.1 Å². The number of alkyl halides is 2. The van der Waals surface area contributed by atoms with Gasteiger partial charge in [0.25, 0.3) is 0 Å². The van der Waals surface area contributed by atoms with Crippen LogP contribution in [0.5, 0.6) is 11.5 Å². The van der Waals surface area contributed by atoms with Crippen LogP contribution in [0.4, 0.5) is 14.5 Å². The molecule has 0 bridgehead atoms. The van der Waals surface area contributed by atoms with Gasteiger partial charge < -0.3 is 29.2 Å². The first-order chi connectivity index (χ1) is 18.1. The molecule has 1 aromatic heterocycles. The molecule has 1 atom stereocenters. The molecule has 7 nitrogen and oxygen atoms in total. The summed E-state index contributed by atoms with van der Waals surface area (Å²) in [6.45, 7) is 13.0. The molecule has 0 spiro atoms. The van der Waals surface area contributed by atoms with Gasteiger partial charge in [-0.15, -0.1) is 8.78 Å². The number of anilines is 1. The van der Waals surface area contributed by atoms with Gasteiger partial charge in [0.15, 0.2) is 17.3 Å². The van der Waals surface area contributed by atoms with Crippen LogP contribution in [0.1, 0.15) is 65.6 Å². The number of nitrogens with zero attached hydrogens (tertiary/aromatic N) is 1. The average Bonchev–Trinajstić information content (AvgIpc) is 3.46. The van der Waals surface area contributed by atoms with Crippen LogP contribution in [0.25, 0.3) is 10.9 Å². The van der Waals surface area contributed by atoms with Gasteiger partial charge in [-0.3, -0.25) is 4.79 Å². The molecule has 1 aliphatic heterocycles. The van der Waals surface area contributed by atoms with E-state index in [1.54, 1.807) is 19.9 Å². The minimum absolute atomic E-state index is 0.0365. The zero-order chi connectivity index (χ0) is 28.4. The summed E-state index contributed by atoms with van der Waals surface area (Å²) in [7, 11) is 0. The summed E-state index contributed by atoms with van der Waals surface area (Å²) in [5, 5.41) is 14.0. The van der Waals surface area contributed by atoms with Gasteiger partial charge in [0.1, 0.15) is 0 Å². The monoisotopic (exact) mass is 542 g/mol. The Morgan fingerprint density at radius 3 is 2.41 bits per heavy atom. The Bertz CT molecular complexity index is 1410. The molecule has 2 N–H and O–H groups in total. The summed E-state index contributed by atoms with van der Waals surface area (Å²) in [5.74, 6) is -1.30. The SMILES string of the molecule is C[C@@H](COC(C)(C)O)Cn1c(C(C)(C)C)cc2cc(NC(=O)C3(c4ccc5c(c4)OC(F)(F)O5)CC3)ccc21. The fraction of sp³-hybridized carbons (Fsp3) is 0.500. The van der Waals surface area contributed by atoms with Crippen molar-refractivity contribution in [2.24, 2.45) is 5.92 Å². The van der Waals surface area contributed by atoms with Crippen LogP contribution in [0, 0.1) is 5.92 Å². The first kappa shape index (κ1) is 27.4. The minimum atomic E-state index is -3.70. The van der Waals surface area contributed by atoms with Crippen molar-refractivity contribution in [3.05, 3.63) is 53.7 Å². The first-order valence-corrected chi connectivity index (χ1v) is 13.3. The number of carbonyl (C=O) groups is 1. The molecule has 0 radical (unpaired) electrons. The number of nitrogens with one attached hydrogen (secondary N) is 1. The largest absolute Gasteiger partial charge is 0.586 e. The second-order valence-electron chi connectivity index (χ2n) is 12.4. The molecule has 9 heteroatoms. The molecule has 1 saturated carbocycles. The van der Waals surface area contributed by atoms with Gasteiger partial charge in [0.05, 0.1) is 12.0 Å². The van der Waals surface area contributed by atoms with E-state index < -0.39 is 17.5 Å². The van der Waals surface area contributed by atoms with Crippen molar-refractivity contribution >= 4 is 22.5 Å². The maximum atomic E-state index is 13.5. The number of halogens is 2. The predicted molar refractivity (Wildman–Crippen MR) is 144 cm³/mol. The number of fused-ring (bicyclic) bond motifs is 2. The van der Waals surface area contributed by atoms with Gasteiger partial charge >= 0.3 is 6.29 Å². The van der Waals surface area contributed by atoms with Gasteiger partial charge in [-0.1, -0.05) is 33.8 Å². The molecule has 3 aromatic rings. The van der Waals surface area contributed by atoms with Crippen LogP contribution in [-0.4, -0.2) is 34.3 Å². The molecule has 2 aromatic carbocycles. The third-order valence-corrected chi connectivity index (χ3v) is 7.28. The number of rotatable bonds is 8. The fourth-order valence-electron chi connectivity index (χ4n) is 5.15. The molecule has 2 heterocycles. The number of aliphatic hydroxyl groups is 1. The number of hydrogen-bond acceptors (Lipinski definition) is 5. The highest BCUT2D eigenvalue weighted by atomic mass is 19.3. The number of amides is 1. The highest BCUT2D eigenvalue weighted by molar-refractivity contribution is 6.02. The zero-order valence-electron chi connectivity index (χ0n) is 23.2. The molecule has 210 valence electrons. The van der Waals surface area contributed by atoms with Crippen molar-refractivity contribution in [3.63, 3.8) is 0 Å². The lowest BCUT2D eigenvalue weighted by Crippen LogP contribution is -2.28. The average molecular weight is 543 g/mol. The molecule has 0 unspecified atom stereocenters. The molecule has 1 amide bonds. The summed E-state index contributed by atoms with van der Waals surface area (Å²) in [6.07, 6.45) is -2.46. The van der Waals surface area contributed by atoms with Crippen LogP contribution in [0.15, 0.2) is 42.5 Å². The van der Waals surface area contributed by atoms with Gasteiger partial charge in [-0.2, -0.15) is 0 Å².